The van der Waals surface area contributed by atoms with E-state index in [1.807, 2.05) is 42.5 Å². The zero-order valence-corrected chi connectivity index (χ0v) is 19.7. The highest BCUT2D eigenvalue weighted by atomic mass is 35.5. The highest BCUT2D eigenvalue weighted by molar-refractivity contribution is 6.30. The Kier molecular flexibility index (Phi) is 6.69. The minimum absolute atomic E-state index is 0.0736. The van der Waals surface area contributed by atoms with Crippen LogP contribution in [0.3, 0.4) is 0 Å². The summed E-state index contributed by atoms with van der Waals surface area (Å²) in [5.74, 6) is 0.634. The van der Waals surface area contributed by atoms with E-state index in [0.717, 1.165) is 11.1 Å². The Morgan fingerprint density at radius 1 is 0.833 bits per heavy atom. The van der Waals surface area contributed by atoms with E-state index in [1.165, 1.54) is 6.26 Å². The normalized spacial score (nSPS) is 10.7. The molecule has 0 aliphatic heterocycles. The number of ether oxygens (including phenoxy) is 2. The van der Waals surface area contributed by atoms with E-state index >= 15 is 0 Å². The lowest BCUT2D eigenvalue weighted by molar-refractivity contribution is -0.118. The number of benzene rings is 4. The van der Waals surface area contributed by atoms with E-state index < -0.39 is 0 Å². The molecule has 1 heterocycles. The molecule has 0 atom stereocenters. The van der Waals surface area contributed by atoms with Crippen LogP contribution in [0, 0.1) is 0 Å². The molecule has 4 aromatic carbocycles. The molecular formula is C29H20ClNO5. The van der Waals surface area contributed by atoms with Crippen LogP contribution in [0.5, 0.6) is 17.2 Å². The van der Waals surface area contributed by atoms with Crippen molar-refractivity contribution in [3.8, 4) is 28.4 Å². The average Bonchev–Trinajstić information content (AvgIpc) is 2.90. The van der Waals surface area contributed by atoms with Crippen LogP contribution in [0.2, 0.25) is 5.02 Å². The molecule has 5 rings (SSSR count). The van der Waals surface area contributed by atoms with E-state index in [2.05, 4.69) is 5.32 Å². The first-order chi connectivity index (χ1) is 17.5. The topological polar surface area (TPSA) is 77.8 Å². The van der Waals surface area contributed by atoms with Gasteiger partial charge in [0, 0.05) is 16.8 Å². The van der Waals surface area contributed by atoms with E-state index in [-0.39, 0.29) is 23.7 Å². The van der Waals surface area contributed by atoms with Crippen LogP contribution >= 0.6 is 11.6 Å². The minimum atomic E-state index is -0.346. The molecule has 0 saturated heterocycles. The van der Waals surface area contributed by atoms with Gasteiger partial charge < -0.3 is 19.2 Å². The van der Waals surface area contributed by atoms with E-state index in [4.69, 9.17) is 25.5 Å². The van der Waals surface area contributed by atoms with Crippen LogP contribution in [0.25, 0.3) is 22.1 Å². The molecule has 6 nitrogen and oxygen atoms in total. The predicted octanol–water partition coefficient (Wildman–Crippen LogP) is 6.92. The minimum Gasteiger partial charge on any atom is -0.484 e. The fraction of sp³-hybridized carbons (Fsp3) is 0.0345. The molecule has 1 N–H and O–H groups in total. The molecule has 7 heteroatoms. The van der Waals surface area contributed by atoms with Crippen molar-refractivity contribution in [1.29, 1.82) is 0 Å². The van der Waals surface area contributed by atoms with Crippen LogP contribution in [-0.4, -0.2) is 12.5 Å². The van der Waals surface area contributed by atoms with Crippen molar-refractivity contribution in [2.45, 2.75) is 0 Å². The lowest BCUT2D eigenvalue weighted by Crippen LogP contribution is -2.20. The van der Waals surface area contributed by atoms with Crippen molar-refractivity contribution in [2.75, 3.05) is 11.9 Å². The van der Waals surface area contributed by atoms with Crippen LogP contribution in [0.15, 0.2) is 113 Å². The van der Waals surface area contributed by atoms with Gasteiger partial charge in [-0.25, -0.2) is 0 Å². The highest BCUT2D eigenvalue weighted by Gasteiger charge is 2.12. The van der Waals surface area contributed by atoms with Crippen LogP contribution < -0.4 is 20.2 Å². The molecule has 0 unspecified atom stereocenters. The number of amides is 1. The SMILES string of the molecule is O=C(COc1ccc2c(=O)c(Oc3ccc(-c4ccccc4)cc3)coc2c1)Nc1cccc(Cl)c1. The number of halogens is 1. The molecule has 0 aliphatic carbocycles. The second kappa shape index (κ2) is 10.4. The van der Waals surface area contributed by atoms with Gasteiger partial charge in [-0.15, -0.1) is 0 Å². The van der Waals surface area contributed by atoms with Crippen LogP contribution in [-0.2, 0) is 4.79 Å². The Hall–Kier alpha value is -4.55. The average molecular weight is 498 g/mol. The fourth-order valence-electron chi connectivity index (χ4n) is 3.64. The van der Waals surface area contributed by atoms with E-state index in [1.54, 1.807) is 54.6 Å². The standard InChI is InChI=1S/C29H20ClNO5/c30-21-7-4-8-22(15-21)31-28(32)18-34-24-13-14-25-26(16-24)35-17-27(29(25)33)36-23-11-9-20(10-12-23)19-5-2-1-3-6-19/h1-17H,18H2,(H,31,32). The first-order valence-electron chi connectivity index (χ1n) is 11.1. The number of fused-ring (bicyclic) bond motifs is 1. The third-order valence-electron chi connectivity index (χ3n) is 5.38. The lowest BCUT2D eigenvalue weighted by Gasteiger charge is -2.09. The molecule has 5 aromatic rings. The maximum Gasteiger partial charge on any atom is 0.262 e. The monoisotopic (exact) mass is 497 g/mol. The molecular weight excluding hydrogens is 478 g/mol. The second-order valence-electron chi connectivity index (χ2n) is 7.93. The van der Waals surface area contributed by atoms with Gasteiger partial charge in [0.05, 0.1) is 5.39 Å². The van der Waals surface area contributed by atoms with Crippen LogP contribution in [0.4, 0.5) is 5.69 Å². The molecule has 0 aliphatic rings. The van der Waals surface area contributed by atoms with Crippen molar-refractivity contribution in [2.24, 2.45) is 0 Å². The third-order valence-corrected chi connectivity index (χ3v) is 5.62. The Labute approximate surface area is 211 Å². The van der Waals surface area contributed by atoms with Crippen molar-refractivity contribution in [1.82, 2.24) is 0 Å². The molecule has 0 bridgehead atoms. The molecule has 1 aromatic heterocycles. The summed E-state index contributed by atoms with van der Waals surface area (Å²) in [5.41, 5.74) is 2.72. The van der Waals surface area contributed by atoms with Crippen LogP contribution in [0.1, 0.15) is 0 Å². The second-order valence-corrected chi connectivity index (χ2v) is 8.36. The van der Waals surface area contributed by atoms with Gasteiger partial charge in [0.2, 0.25) is 11.2 Å². The smallest absolute Gasteiger partial charge is 0.262 e. The highest BCUT2D eigenvalue weighted by Crippen LogP contribution is 2.27. The number of carbonyl (C=O) groups excluding carboxylic acids is 1. The van der Waals surface area contributed by atoms with Gasteiger partial charge in [0.1, 0.15) is 23.3 Å². The largest absolute Gasteiger partial charge is 0.484 e. The Balaban J connectivity index is 1.26. The van der Waals surface area contributed by atoms with Crippen molar-refractivity contribution >= 4 is 34.2 Å². The van der Waals surface area contributed by atoms with Gasteiger partial charge in [-0.1, -0.05) is 60.1 Å². The molecule has 0 spiro atoms. The van der Waals surface area contributed by atoms with Gasteiger partial charge in [-0.05, 0) is 53.6 Å². The van der Waals surface area contributed by atoms with Gasteiger partial charge in [-0.2, -0.15) is 0 Å². The first-order valence-corrected chi connectivity index (χ1v) is 11.5. The predicted molar refractivity (Wildman–Crippen MR) is 140 cm³/mol. The van der Waals surface area contributed by atoms with Crippen molar-refractivity contribution in [3.63, 3.8) is 0 Å². The number of nitrogens with one attached hydrogen (secondary N) is 1. The summed E-state index contributed by atoms with van der Waals surface area (Å²) < 4.78 is 17.0. The van der Waals surface area contributed by atoms with Gasteiger partial charge in [-0.3, -0.25) is 9.59 Å². The Morgan fingerprint density at radius 3 is 2.36 bits per heavy atom. The zero-order valence-electron chi connectivity index (χ0n) is 18.9. The Morgan fingerprint density at radius 2 is 1.58 bits per heavy atom. The molecule has 0 saturated carbocycles. The van der Waals surface area contributed by atoms with Gasteiger partial charge in [0.15, 0.2) is 6.61 Å². The molecule has 36 heavy (non-hydrogen) atoms. The number of hydrogen-bond acceptors (Lipinski definition) is 5. The summed E-state index contributed by atoms with van der Waals surface area (Å²) in [4.78, 5) is 25.1. The van der Waals surface area contributed by atoms with Gasteiger partial charge in [0.25, 0.3) is 5.91 Å². The quantitative estimate of drug-likeness (QED) is 0.264. The molecule has 0 radical (unpaired) electrons. The summed E-state index contributed by atoms with van der Waals surface area (Å²) in [7, 11) is 0. The van der Waals surface area contributed by atoms with Gasteiger partial charge >= 0.3 is 0 Å². The van der Waals surface area contributed by atoms with Crippen molar-refractivity contribution in [3.05, 3.63) is 119 Å². The summed E-state index contributed by atoms with van der Waals surface area (Å²) in [6.07, 6.45) is 1.27. The first kappa shape index (κ1) is 23.2. The number of anilines is 1. The zero-order chi connectivity index (χ0) is 24.9. The summed E-state index contributed by atoms with van der Waals surface area (Å²) in [5, 5.41) is 3.56. The number of rotatable bonds is 7. The summed E-state index contributed by atoms with van der Waals surface area (Å²) >= 11 is 5.93. The van der Waals surface area contributed by atoms with E-state index in [9.17, 15) is 9.59 Å². The number of hydrogen-bond donors (Lipinski definition) is 1. The maximum absolute atomic E-state index is 12.9. The molecule has 178 valence electrons. The lowest BCUT2D eigenvalue weighted by atomic mass is 10.1. The third kappa shape index (κ3) is 5.40. The fourth-order valence-corrected chi connectivity index (χ4v) is 3.83. The molecule has 0 fully saturated rings. The van der Waals surface area contributed by atoms with E-state index in [0.29, 0.717) is 33.2 Å². The summed E-state index contributed by atoms with van der Waals surface area (Å²) in [6.45, 7) is -0.220. The number of carbonyl (C=O) groups is 1. The molecule has 1 amide bonds. The maximum atomic E-state index is 12.9. The van der Waals surface area contributed by atoms with Crippen molar-refractivity contribution < 1.29 is 18.7 Å². The Bertz CT molecular complexity index is 1580. The summed E-state index contributed by atoms with van der Waals surface area (Å²) in [6, 6.07) is 29.0.